The fourth-order valence-corrected chi connectivity index (χ4v) is 2.38. The molecule has 1 aliphatic heterocycles. The third-order valence-corrected chi connectivity index (χ3v) is 3.27. The summed E-state index contributed by atoms with van der Waals surface area (Å²) in [6.45, 7) is 2.03. The van der Waals surface area contributed by atoms with Crippen molar-refractivity contribution in [3.05, 3.63) is 23.5 Å². The number of phenols is 1. The molecule has 1 fully saturated rings. The average molecular weight is 239 g/mol. The summed E-state index contributed by atoms with van der Waals surface area (Å²) in [6, 6.07) is 3.13. The van der Waals surface area contributed by atoms with Crippen molar-refractivity contribution in [2.24, 2.45) is 5.92 Å². The monoisotopic (exact) mass is 239 g/mol. The van der Waals surface area contributed by atoms with Gasteiger partial charge in [-0.3, -0.25) is 0 Å². The Balaban J connectivity index is 2.17. The number of aromatic hydroxyl groups is 1. The van der Waals surface area contributed by atoms with Crippen LogP contribution in [0.15, 0.2) is 12.1 Å². The first-order chi connectivity index (χ1) is 8.22. The zero-order valence-corrected chi connectivity index (χ0v) is 10.0. The van der Waals surface area contributed by atoms with Crippen LogP contribution in [0.4, 0.5) is 4.39 Å². The smallest absolute Gasteiger partial charge is 0.206 e. The fourth-order valence-electron chi connectivity index (χ4n) is 2.38. The Morgan fingerprint density at radius 1 is 1.53 bits per heavy atom. The average Bonchev–Trinajstić information content (AvgIpc) is 2.36. The van der Waals surface area contributed by atoms with Crippen LogP contribution in [0.5, 0.6) is 11.5 Å². The first kappa shape index (κ1) is 12.2. The summed E-state index contributed by atoms with van der Waals surface area (Å²) in [7, 11) is 1.43. The Morgan fingerprint density at radius 3 is 3.00 bits per heavy atom. The van der Waals surface area contributed by atoms with Gasteiger partial charge >= 0.3 is 0 Å². The van der Waals surface area contributed by atoms with Gasteiger partial charge in [-0.15, -0.1) is 0 Å². The highest BCUT2D eigenvalue weighted by atomic mass is 19.1. The number of nitrogens with one attached hydrogen (secondary N) is 1. The van der Waals surface area contributed by atoms with Crippen LogP contribution >= 0.6 is 0 Å². The predicted molar refractivity (Wildman–Crippen MR) is 63.9 cm³/mol. The highest BCUT2D eigenvalue weighted by Gasteiger charge is 2.19. The van der Waals surface area contributed by atoms with Crippen molar-refractivity contribution in [3.63, 3.8) is 0 Å². The maximum absolute atomic E-state index is 13.6. The zero-order valence-electron chi connectivity index (χ0n) is 10.0. The van der Waals surface area contributed by atoms with Crippen molar-refractivity contribution in [1.82, 2.24) is 5.32 Å². The quantitative estimate of drug-likeness (QED) is 0.848. The minimum atomic E-state index is -0.659. The lowest BCUT2D eigenvalue weighted by Crippen LogP contribution is -2.30. The third-order valence-electron chi connectivity index (χ3n) is 3.27. The van der Waals surface area contributed by atoms with Crippen LogP contribution in [0, 0.1) is 11.7 Å². The molecule has 0 radical (unpaired) electrons. The molecule has 1 atom stereocenters. The highest BCUT2D eigenvalue weighted by Crippen LogP contribution is 2.31. The number of ether oxygens (including phenoxy) is 1. The van der Waals surface area contributed by atoms with E-state index in [1.165, 1.54) is 13.2 Å². The van der Waals surface area contributed by atoms with Crippen molar-refractivity contribution in [1.29, 1.82) is 0 Å². The number of hydrogen-bond acceptors (Lipinski definition) is 3. The van der Waals surface area contributed by atoms with Crippen molar-refractivity contribution in [2.45, 2.75) is 19.3 Å². The molecule has 1 aliphatic rings. The van der Waals surface area contributed by atoms with Gasteiger partial charge in [-0.2, -0.15) is 4.39 Å². The van der Waals surface area contributed by atoms with Gasteiger partial charge < -0.3 is 15.2 Å². The second-order valence-corrected chi connectivity index (χ2v) is 4.51. The third kappa shape index (κ3) is 2.69. The van der Waals surface area contributed by atoms with E-state index >= 15 is 0 Å². The molecule has 1 heterocycles. The van der Waals surface area contributed by atoms with E-state index in [0.717, 1.165) is 37.9 Å². The van der Waals surface area contributed by atoms with Crippen molar-refractivity contribution in [2.75, 3.05) is 20.2 Å². The van der Waals surface area contributed by atoms with Gasteiger partial charge in [-0.05, 0) is 49.9 Å². The molecule has 2 rings (SSSR count). The molecular weight excluding hydrogens is 221 g/mol. The Kier molecular flexibility index (Phi) is 3.84. The Bertz CT molecular complexity index is 389. The van der Waals surface area contributed by atoms with Gasteiger partial charge in [0.2, 0.25) is 5.82 Å². The van der Waals surface area contributed by atoms with Gasteiger partial charge in [-0.25, -0.2) is 0 Å². The molecule has 94 valence electrons. The lowest BCUT2D eigenvalue weighted by molar-refractivity contribution is 0.344. The van der Waals surface area contributed by atoms with E-state index in [-0.39, 0.29) is 11.5 Å². The Hall–Kier alpha value is -1.29. The number of piperidine rings is 1. The molecule has 17 heavy (non-hydrogen) atoms. The molecule has 3 nitrogen and oxygen atoms in total. The second kappa shape index (κ2) is 5.36. The van der Waals surface area contributed by atoms with E-state index in [1.807, 2.05) is 0 Å². The van der Waals surface area contributed by atoms with Crippen LogP contribution in [-0.4, -0.2) is 25.3 Å². The predicted octanol–water partition coefficient (Wildman–Crippen LogP) is 2.08. The lowest BCUT2D eigenvalue weighted by Gasteiger charge is -2.23. The van der Waals surface area contributed by atoms with Crippen molar-refractivity contribution in [3.8, 4) is 11.5 Å². The summed E-state index contributed by atoms with van der Waals surface area (Å²) in [6.07, 6.45) is 3.10. The van der Waals surface area contributed by atoms with E-state index in [2.05, 4.69) is 5.32 Å². The van der Waals surface area contributed by atoms with E-state index in [9.17, 15) is 9.50 Å². The Labute approximate surface area is 101 Å². The molecule has 1 saturated heterocycles. The first-order valence-electron chi connectivity index (χ1n) is 5.97. The molecule has 0 spiro atoms. The largest absolute Gasteiger partial charge is 0.505 e. The fraction of sp³-hybridized carbons (Fsp3) is 0.538. The van der Waals surface area contributed by atoms with Gasteiger partial charge in [0.25, 0.3) is 0 Å². The topological polar surface area (TPSA) is 41.5 Å². The van der Waals surface area contributed by atoms with Gasteiger partial charge in [-0.1, -0.05) is 6.07 Å². The molecule has 1 unspecified atom stereocenters. The molecule has 0 bridgehead atoms. The number of halogens is 1. The van der Waals surface area contributed by atoms with E-state index in [0.29, 0.717) is 5.92 Å². The first-order valence-corrected chi connectivity index (χ1v) is 5.97. The summed E-state index contributed by atoms with van der Waals surface area (Å²) in [5.74, 6) is -0.321. The molecule has 0 amide bonds. The highest BCUT2D eigenvalue weighted by molar-refractivity contribution is 5.42. The Morgan fingerprint density at radius 2 is 2.35 bits per heavy atom. The van der Waals surface area contributed by atoms with Crippen LogP contribution in [-0.2, 0) is 6.42 Å². The molecule has 1 aromatic rings. The summed E-state index contributed by atoms with van der Waals surface area (Å²) < 4.78 is 18.7. The molecule has 0 aliphatic carbocycles. The van der Waals surface area contributed by atoms with E-state index in [1.54, 1.807) is 6.07 Å². The van der Waals surface area contributed by atoms with Crippen LogP contribution in [0.2, 0.25) is 0 Å². The molecule has 2 N–H and O–H groups in total. The number of methoxy groups -OCH3 is 1. The number of hydrogen-bond donors (Lipinski definition) is 2. The minimum absolute atomic E-state index is 0.176. The number of phenolic OH excluding ortho intramolecular Hbond substituents is 1. The van der Waals surface area contributed by atoms with Crippen LogP contribution in [0.25, 0.3) is 0 Å². The zero-order chi connectivity index (χ0) is 12.3. The van der Waals surface area contributed by atoms with Gasteiger partial charge in [0.1, 0.15) is 0 Å². The van der Waals surface area contributed by atoms with Crippen LogP contribution in [0.1, 0.15) is 18.4 Å². The normalized spacial score (nSPS) is 20.2. The van der Waals surface area contributed by atoms with E-state index < -0.39 is 5.82 Å². The standard InChI is InChI=1S/C13H18FNO2/c1-17-13-10(4-5-11(16)12(13)14)7-9-3-2-6-15-8-9/h4-5,9,15-16H,2-3,6-8H2,1H3. The van der Waals surface area contributed by atoms with Gasteiger partial charge in [0.05, 0.1) is 7.11 Å². The van der Waals surface area contributed by atoms with Crippen molar-refractivity contribution < 1.29 is 14.2 Å². The molecule has 0 aromatic heterocycles. The molecule has 0 saturated carbocycles. The number of benzene rings is 1. The summed E-state index contributed by atoms with van der Waals surface area (Å²) >= 11 is 0. The maximum atomic E-state index is 13.6. The minimum Gasteiger partial charge on any atom is -0.505 e. The number of rotatable bonds is 3. The summed E-state index contributed by atoms with van der Waals surface area (Å²) in [5, 5.41) is 12.6. The summed E-state index contributed by atoms with van der Waals surface area (Å²) in [4.78, 5) is 0. The van der Waals surface area contributed by atoms with Gasteiger partial charge in [0, 0.05) is 0 Å². The van der Waals surface area contributed by atoms with Crippen LogP contribution < -0.4 is 10.1 Å². The second-order valence-electron chi connectivity index (χ2n) is 4.51. The summed E-state index contributed by atoms with van der Waals surface area (Å²) in [5.41, 5.74) is 0.830. The maximum Gasteiger partial charge on any atom is 0.206 e. The SMILES string of the molecule is COc1c(CC2CCCNC2)ccc(O)c1F. The van der Waals surface area contributed by atoms with Gasteiger partial charge in [0.15, 0.2) is 11.5 Å². The lowest BCUT2D eigenvalue weighted by atomic mass is 9.92. The van der Waals surface area contributed by atoms with Crippen molar-refractivity contribution >= 4 is 0 Å². The molecule has 4 heteroatoms. The molecular formula is C13H18FNO2. The van der Waals surface area contributed by atoms with E-state index in [4.69, 9.17) is 4.74 Å². The molecule has 1 aromatic carbocycles. The van der Waals surface area contributed by atoms with Crippen LogP contribution in [0.3, 0.4) is 0 Å².